The Balaban J connectivity index is 1.84. The first-order valence-corrected chi connectivity index (χ1v) is 8.57. The van der Waals surface area contributed by atoms with Gasteiger partial charge in [0.15, 0.2) is 0 Å². The van der Waals surface area contributed by atoms with Gasteiger partial charge in [-0.3, -0.25) is 0 Å². The van der Waals surface area contributed by atoms with Gasteiger partial charge in [-0.25, -0.2) is 0 Å². The Hall–Kier alpha value is -1.98. The number of rotatable bonds is 2. The third kappa shape index (κ3) is 2.82. The predicted octanol–water partition coefficient (Wildman–Crippen LogP) is 6.08. The van der Waals surface area contributed by atoms with Crippen LogP contribution in [0.15, 0.2) is 74.0 Å². The number of nitrogens with zero attached hydrogens (tertiary/aromatic N) is 2. The molecule has 4 aromatic rings. The molecule has 0 N–H and O–H groups in total. The number of hydrogen-bond donors (Lipinski definition) is 0. The van der Waals surface area contributed by atoms with Gasteiger partial charge < -0.3 is 4.42 Å². The normalized spacial score (nSPS) is 11.0. The van der Waals surface area contributed by atoms with Crippen LogP contribution in [-0.2, 0) is 0 Å². The molecule has 112 valence electrons. The minimum Gasteiger partial charge on any atom is -0.416 e. The van der Waals surface area contributed by atoms with E-state index in [2.05, 4.69) is 60.3 Å². The van der Waals surface area contributed by atoms with Crippen LogP contribution in [0.3, 0.4) is 0 Å². The van der Waals surface area contributed by atoms with E-state index in [1.807, 2.05) is 42.5 Å². The molecular weight excluding hydrogens is 420 g/mol. The molecule has 0 aliphatic carbocycles. The Labute approximate surface area is 149 Å². The fourth-order valence-corrected chi connectivity index (χ4v) is 3.83. The molecule has 0 fully saturated rings. The maximum Gasteiger partial charge on any atom is 0.248 e. The fourth-order valence-electron chi connectivity index (χ4n) is 2.54. The molecule has 0 saturated carbocycles. The summed E-state index contributed by atoms with van der Waals surface area (Å²) < 4.78 is 7.81. The molecule has 4 rings (SSSR count). The van der Waals surface area contributed by atoms with Gasteiger partial charge in [-0.15, -0.1) is 10.2 Å². The molecular formula is C18H10Br2N2O. The van der Waals surface area contributed by atoms with Crippen LogP contribution in [0.2, 0.25) is 0 Å². The lowest BCUT2D eigenvalue weighted by molar-refractivity contribution is 0.585. The zero-order valence-corrected chi connectivity index (χ0v) is 15.0. The van der Waals surface area contributed by atoms with Crippen LogP contribution in [0.25, 0.3) is 33.7 Å². The fraction of sp³-hybridized carbons (Fsp3) is 0. The molecule has 0 saturated heterocycles. The largest absolute Gasteiger partial charge is 0.416 e. The molecule has 3 aromatic carbocycles. The van der Waals surface area contributed by atoms with Crippen molar-refractivity contribution in [3.8, 4) is 22.9 Å². The van der Waals surface area contributed by atoms with E-state index in [1.54, 1.807) is 0 Å². The highest BCUT2D eigenvalue weighted by Crippen LogP contribution is 2.31. The molecule has 0 unspecified atom stereocenters. The zero-order valence-electron chi connectivity index (χ0n) is 11.8. The monoisotopic (exact) mass is 428 g/mol. The summed E-state index contributed by atoms with van der Waals surface area (Å²) in [4.78, 5) is 0. The van der Waals surface area contributed by atoms with Gasteiger partial charge in [0.2, 0.25) is 11.8 Å². The highest BCUT2D eigenvalue weighted by molar-refractivity contribution is 9.11. The number of benzene rings is 3. The van der Waals surface area contributed by atoms with E-state index in [0.29, 0.717) is 11.8 Å². The highest BCUT2D eigenvalue weighted by Gasteiger charge is 2.13. The van der Waals surface area contributed by atoms with Gasteiger partial charge in [0.1, 0.15) is 0 Å². The quantitative estimate of drug-likeness (QED) is 0.387. The van der Waals surface area contributed by atoms with Crippen molar-refractivity contribution in [1.82, 2.24) is 10.2 Å². The summed E-state index contributed by atoms with van der Waals surface area (Å²) in [6.07, 6.45) is 0. The van der Waals surface area contributed by atoms with E-state index >= 15 is 0 Å². The van der Waals surface area contributed by atoms with Gasteiger partial charge in [0.05, 0.1) is 0 Å². The second-order valence-electron chi connectivity index (χ2n) is 5.10. The first-order chi connectivity index (χ1) is 11.2. The first kappa shape index (κ1) is 14.6. The summed E-state index contributed by atoms with van der Waals surface area (Å²) in [6, 6.07) is 20.1. The van der Waals surface area contributed by atoms with E-state index in [4.69, 9.17) is 4.42 Å². The third-order valence-electron chi connectivity index (χ3n) is 3.55. The van der Waals surface area contributed by atoms with Crippen LogP contribution in [0.5, 0.6) is 0 Å². The average Bonchev–Trinajstić information content (AvgIpc) is 3.03. The van der Waals surface area contributed by atoms with Gasteiger partial charge in [0, 0.05) is 20.1 Å². The van der Waals surface area contributed by atoms with Gasteiger partial charge in [0.25, 0.3) is 0 Å². The third-order valence-corrected chi connectivity index (χ3v) is 4.47. The van der Waals surface area contributed by atoms with Crippen LogP contribution in [0, 0.1) is 0 Å². The Kier molecular flexibility index (Phi) is 3.75. The summed E-state index contributed by atoms with van der Waals surface area (Å²) in [6.45, 7) is 0. The van der Waals surface area contributed by atoms with Crippen molar-refractivity contribution < 1.29 is 4.42 Å². The molecule has 1 aromatic heterocycles. The molecule has 0 aliphatic rings. The molecule has 1 heterocycles. The minimum atomic E-state index is 0.495. The Bertz CT molecular complexity index is 985. The van der Waals surface area contributed by atoms with Gasteiger partial charge in [-0.05, 0) is 35.0 Å². The molecule has 0 atom stereocenters. The Morgan fingerprint density at radius 2 is 1.43 bits per heavy atom. The molecule has 0 bridgehead atoms. The lowest BCUT2D eigenvalue weighted by Crippen LogP contribution is -1.81. The van der Waals surface area contributed by atoms with Crippen LogP contribution in [-0.4, -0.2) is 10.2 Å². The average molecular weight is 430 g/mol. The van der Waals surface area contributed by atoms with E-state index in [-0.39, 0.29) is 0 Å². The lowest BCUT2D eigenvalue weighted by Gasteiger charge is -2.02. The zero-order chi connectivity index (χ0) is 15.8. The summed E-state index contributed by atoms with van der Waals surface area (Å²) in [5.41, 5.74) is 1.81. The van der Waals surface area contributed by atoms with Crippen LogP contribution >= 0.6 is 31.9 Å². The molecule has 5 heteroatoms. The summed E-state index contributed by atoms with van der Waals surface area (Å²) in [7, 11) is 0. The number of hydrogen-bond acceptors (Lipinski definition) is 3. The Morgan fingerprint density at radius 3 is 2.26 bits per heavy atom. The molecule has 3 nitrogen and oxygen atoms in total. The molecule has 0 amide bonds. The molecule has 0 radical (unpaired) electrons. The van der Waals surface area contributed by atoms with Crippen molar-refractivity contribution in [2.45, 2.75) is 0 Å². The van der Waals surface area contributed by atoms with Crippen molar-refractivity contribution in [1.29, 1.82) is 0 Å². The first-order valence-electron chi connectivity index (χ1n) is 6.99. The maximum atomic E-state index is 5.91. The maximum absolute atomic E-state index is 5.91. The predicted molar refractivity (Wildman–Crippen MR) is 98.1 cm³/mol. The van der Waals surface area contributed by atoms with Crippen molar-refractivity contribution >= 4 is 42.6 Å². The summed E-state index contributed by atoms with van der Waals surface area (Å²) in [5, 5.41) is 10.7. The second kappa shape index (κ2) is 5.91. The topological polar surface area (TPSA) is 38.9 Å². The van der Waals surface area contributed by atoms with Crippen LogP contribution < -0.4 is 0 Å². The molecule has 23 heavy (non-hydrogen) atoms. The lowest BCUT2D eigenvalue weighted by atomic mass is 10.0. The minimum absolute atomic E-state index is 0.495. The SMILES string of the molecule is Brc1cc(Br)cc(-c2nnc(-c3cccc4ccccc34)o2)c1. The molecule has 0 spiro atoms. The van der Waals surface area contributed by atoms with E-state index < -0.39 is 0 Å². The number of fused-ring (bicyclic) bond motifs is 1. The smallest absolute Gasteiger partial charge is 0.248 e. The van der Waals surface area contributed by atoms with Crippen LogP contribution in [0.1, 0.15) is 0 Å². The Morgan fingerprint density at radius 1 is 0.739 bits per heavy atom. The van der Waals surface area contributed by atoms with Crippen LogP contribution in [0.4, 0.5) is 0 Å². The van der Waals surface area contributed by atoms with Gasteiger partial charge in [-0.2, -0.15) is 0 Å². The highest BCUT2D eigenvalue weighted by atomic mass is 79.9. The number of halogens is 2. The number of aromatic nitrogens is 2. The summed E-state index contributed by atoms with van der Waals surface area (Å²) in [5.74, 6) is 1.02. The van der Waals surface area contributed by atoms with E-state index in [0.717, 1.165) is 30.8 Å². The second-order valence-corrected chi connectivity index (χ2v) is 6.93. The van der Waals surface area contributed by atoms with Crippen molar-refractivity contribution in [2.75, 3.05) is 0 Å². The van der Waals surface area contributed by atoms with Crippen molar-refractivity contribution in [3.63, 3.8) is 0 Å². The van der Waals surface area contributed by atoms with Gasteiger partial charge in [-0.1, -0.05) is 68.3 Å². The van der Waals surface area contributed by atoms with Crippen molar-refractivity contribution in [3.05, 3.63) is 69.6 Å². The molecule has 0 aliphatic heterocycles. The standard InChI is InChI=1S/C18H10Br2N2O/c19-13-8-12(9-14(20)10-13)17-21-22-18(23-17)16-7-3-5-11-4-1-2-6-15(11)16/h1-10H. The van der Waals surface area contributed by atoms with E-state index in [1.165, 1.54) is 0 Å². The van der Waals surface area contributed by atoms with Gasteiger partial charge >= 0.3 is 0 Å². The van der Waals surface area contributed by atoms with Crippen molar-refractivity contribution in [2.24, 2.45) is 0 Å². The summed E-state index contributed by atoms with van der Waals surface area (Å²) >= 11 is 6.95. The van der Waals surface area contributed by atoms with E-state index in [9.17, 15) is 0 Å².